The molecule has 1 aromatic carbocycles. The van der Waals surface area contributed by atoms with Crippen LogP contribution in [0.15, 0.2) is 24.3 Å². The van der Waals surface area contributed by atoms with Gasteiger partial charge in [-0.1, -0.05) is 17.7 Å². The molecule has 4 nitrogen and oxygen atoms in total. The summed E-state index contributed by atoms with van der Waals surface area (Å²) in [5, 5.41) is 3.27. The first-order valence-electron chi connectivity index (χ1n) is 6.35. The molecule has 18 heavy (non-hydrogen) atoms. The maximum Gasteiger partial charge on any atom is 0.245 e. The van der Waals surface area contributed by atoms with Crippen LogP contribution in [0.1, 0.15) is 5.56 Å². The lowest BCUT2D eigenvalue weighted by atomic mass is 10.1. The number of hydrogen-bond donors (Lipinski definition) is 1. The zero-order chi connectivity index (χ0) is 13.1. The highest BCUT2D eigenvalue weighted by molar-refractivity contribution is 5.96. The van der Waals surface area contributed by atoms with E-state index >= 15 is 0 Å². The number of piperazine rings is 1. The Morgan fingerprint density at radius 1 is 1.39 bits per heavy atom. The molecule has 1 fully saturated rings. The number of nitrogens with one attached hydrogen (secondary N) is 1. The SMILES string of the molecule is Cc1ccc(N(C)C(=O)C2CNCCN2C)cc1. The van der Waals surface area contributed by atoms with Gasteiger partial charge in [0.2, 0.25) is 5.91 Å². The topological polar surface area (TPSA) is 35.6 Å². The number of anilines is 1. The van der Waals surface area contributed by atoms with Crippen molar-refractivity contribution >= 4 is 11.6 Å². The number of amides is 1. The highest BCUT2D eigenvalue weighted by Crippen LogP contribution is 2.16. The van der Waals surface area contributed by atoms with Gasteiger partial charge in [-0.05, 0) is 26.1 Å². The molecule has 0 aromatic heterocycles. The van der Waals surface area contributed by atoms with E-state index in [0.29, 0.717) is 0 Å². The van der Waals surface area contributed by atoms with Crippen molar-refractivity contribution in [1.82, 2.24) is 10.2 Å². The second-order valence-electron chi connectivity index (χ2n) is 4.93. The Morgan fingerprint density at radius 3 is 2.67 bits per heavy atom. The van der Waals surface area contributed by atoms with Crippen LogP contribution in [-0.2, 0) is 4.79 Å². The lowest BCUT2D eigenvalue weighted by molar-refractivity contribution is -0.123. The third-order valence-corrected chi connectivity index (χ3v) is 3.55. The van der Waals surface area contributed by atoms with Crippen LogP contribution >= 0.6 is 0 Å². The van der Waals surface area contributed by atoms with Crippen molar-refractivity contribution in [3.05, 3.63) is 29.8 Å². The third-order valence-electron chi connectivity index (χ3n) is 3.55. The maximum absolute atomic E-state index is 12.4. The van der Waals surface area contributed by atoms with Gasteiger partial charge in [0.25, 0.3) is 0 Å². The zero-order valence-corrected chi connectivity index (χ0v) is 11.3. The second-order valence-corrected chi connectivity index (χ2v) is 4.93. The predicted molar refractivity (Wildman–Crippen MR) is 73.9 cm³/mol. The number of carbonyl (C=O) groups is 1. The third kappa shape index (κ3) is 2.71. The standard InChI is InChI=1S/C14H21N3O/c1-11-4-6-12(7-5-11)17(3)14(18)13-10-15-8-9-16(13)2/h4-7,13,15H,8-10H2,1-3H3. The van der Waals surface area contributed by atoms with Crippen LogP contribution in [-0.4, -0.2) is 50.6 Å². The summed E-state index contributed by atoms with van der Waals surface area (Å²) in [4.78, 5) is 16.3. The van der Waals surface area contributed by atoms with E-state index in [1.165, 1.54) is 5.56 Å². The lowest BCUT2D eigenvalue weighted by Gasteiger charge is -2.34. The van der Waals surface area contributed by atoms with Gasteiger partial charge in [0.05, 0.1) is 0 Å². The lowest BCUT2D eigenvalue weighted by Crippen LogP contribution is -2.56. The van der Waals surface area contributed by atoms with Gasteiger partial charge in [-0.2, -0.15) is 0 Å². The maximum atomic E-state index is 12.4. The van der Waals surface area contributed by atoms with Gasteiger partial charge in [-0.25, -0.2) is 0 Å². The molecule has 1 aliphatic heterocycles. The molecular formula is C14H21N3O. The van der Waals surface area contributed by atoms with E-state index in [0.717, 1.165) is 25.3 Å². The van der Waals surface area contributed by atoms with Gasteiger partial charge in [0.15, 0.2) is 0 Å². The van der Waals surface area contributed by atoms with Gasteiger partial charge in [-0.15, -0.1) is 0 Å². The van der Waals surface area contributed by atoms with Crippen LogP contribution in [0, 0.1) is 6.92 Å². The molecule has 1 heterocycles. The van der Waals surface area contributed by atoms with Crippen molar-refractivity contribution in [2.75, 3.05) is 38.6 Å². The molecule has 0 bridgehead atoms. The molecule has 1 unspecified atom stereocenters. The van der Waals surface area contributed by atoms with Crippen molar-refractivity contribution in [1.29, 1.82) is 0 Å². The van der Waals surface area contributed by atoms with Crippen molar-refractivity contribution < 1.29 is 4.79 Å². The van der Waals surface area contributed by atoms with E-state index in [2.05, 4.69) is 10.2 Å². The van der Waals surface area contributed by atoms with E-state index in [9.17, 15) is 4.79 Å². The predicted octanol–water partition coefficient (Wildman–Crippen LogP) is 0.861. The highest BCUT2D eigenvalue weighted by Gasteiger charge is 2.28. The van der Waals surface area contributed by atoms with Crippen molar-refractivity contribution in [3.8, 4) is 0 Å². The van der Waals surface area contributed by atoms with E-state index in [1.807, 2.05) is 45.3 Å². The molecular weight excluding hydrogens is 226 g/mol. The molecule has 2 rings (SSSR count). The minimum absolute atomic E-state index is 0.0648. The molecule has 1 N–H and O–H groups in total. The molecule has 0 spiro atoms. The van der Waals surface area contributed by atoms with E-state index in [1.54, 1.807) is 4.90 Å². The van der Waals surface area contributed by atoms with Crippen LogP contribution in [0.2, 0.25) is 0 Å². The molecule has 1 aromatic rings. The van der Waals surface area contributed by atoms with Gasteiger partial charge in [0.1, 0.15) is 6.04 Å². The number of likely N-dealkylation sites (N-methyl/N-ethyl adjacent to an activating group) is 2. The minimum atomic E-state index is -0.0648. The van der Waals surface area contributed by atoms with Gasteiger partial charge < -0.3 is 10.2 Å². The summed E-state index contributed by atoms with van der Waals surface area (Å²) in [6.07, 6.45) is 0. The average molecular weight is 247 g/mol. The number of rotatable bonds is 2. The monoisotopic (exact) mass is 247 g/mol. The molecule has 0 aliphatic carbocycles. The largest absolute Gasteiger partial charge is 0.314 e. The first-order chi connectivity index (χ1) is 8.59. The normalized spacial score (nSPS) is 20.7. The quantitative estimate of drug-likeness (QED) is 0.842. The Balaban J connectivity index is 2.10. The number of carbonyl (C=O) groups excluding carboxylic acids is 1. The molecule has 1 saturated heterocycles. The average Bonchev–Trinajstić information content (AvgIpc) is 2.38. The Kier molecular flexibility index (Phi) is 3.99. The second kappa shape index (κ2) is 5.50. The Bertz CT molecular complexity index is 416. The molecule has 4 heteroatoms. The Hall–Kier alpha value is -1.39. The number of aryl methyl sites for hydroxylation is 1. The molecule has 1 aliphatic rings. The van der Waals surface area contributed by atoms with Crippen LogP contribution in [0.25, 0.3) is 0 Å². The fourth-order valence-corrected chi connectivity index (χ4v) is 2.20. The summed E-state index contributed by atoms with van der Waals surface area (Å²) in [5.74, 6) is 0.147. The van der Waals surface area contributed by atoms with Crippen molar-refractivity contribution in [2.24, 2.45) is 0 Å². The molecule has 98 valence electrons. The minimum Gasteiger partial charge on any atom is -0.314 e. The fourth-order valence-electron chi connectivity index (χ4n) is 2.20. The van der Waals surface area contributed by atoms with Crippen molar-refractivity contribution in [3.63, 3.8) is 0 Å². The smallest absolute Gasteiger partial charge is 0.245 e. The molecule has 1 atom stereocenters. The van der Waals surface area contributed by atoms with Crippen molar-refractivity contribution in [2.45, 2.75) is 13.0 Å². The summed E-state index contributed by atoms with van der Waals surface area (Å²) in [7, 11) is 3.85. The van der Waals surface area contributed by atoms with E-state index in [4.69, 9.17) is 0 Å². The molecule has 1 amide bonds. The van der Waals surface area contributed by atoms with Crippen LogP contribution in [0.4, 0.5) is 5.69 Å². The van der Waals surface area contributed by atoms with E-state index < -0.39 is 0 Å². The zero-order valence-electron chi connectivity index (χ0n) is 11.3. The number of hydrogen-bond acceptors (Lipinski definition) is 3. The summed E-state index contributed by atoms with van der Waals surface area (Å²) in [6.45, 7) is 4.64. The number of benzene rings is 1. The Morgan fingerprint density at radius 2 is 2.06 bits per heavy atom. The number of nitrogens with zero attached hydrogens (tertiary/aromatic N) is 2. The summed E-state index contributed by atoms with van der Waals surface area (Å²) < 4.78 is 0. The van der Waals surface area contributed by atoms with Gasteiger partial charge >= 0.3 is 0 Å². The fraction of sp³-hybridized carbons (Fsp3) is 0.500. The van der Waals surface area contributed by atoms with Gasteiger partial charge in [0, 0.05) is 32.4 Å². The highest BCUT2D eigenvalue weighted by atomic mass is 16.2. The first kappa shape index (κ1) is 13.1. The van der Waals surface area contributed by atoms with Crippen LogP contribution in [0.3, 0.4) is 0 Å². The van der Waals surface area contributed by atoms with Gasteiger partial charge in [-0.3, -0.25) is 9.69 Å². The van der Waals surface area contributed by atoms with Crippen LogP contribution < -0.4 is 10.2 Å². The Labute approximate surface area is 109 Å². The summed E-state index contributed by atoms with van der Waals surface area (Å²) in [5.41, 5.74) is 2.15. The summed E-state index contributed by atoms with van der Waals surface area (Å²) in [6, 6.07) is 7.97. The summed E-state index contributed by atoms with van der Waals surface area (Å²) >= 11 is 0. The molecule has 0 saturated carbocycles. The van der Waals surface area contributed by atoms with Crippen LogP contribution in [0.5, 0.6) is 0 Å². The van der Waals surface area contributed by atoms with E-state index in [-0.39, 0.29) is 11.9 Å². The first-order valence-corrected chi connectivity index (χ1v) is 6.35. The molecule has 0 radical (unpaired) electrons.